The maximum atomic E-state index is 2.56. The Hall–Kier alpha value is 0. The van der Waals surface area contributed by atoms with Crippen molar-refractivity contribution in [3.05, 3.63) is 6.42 Å². The summed E-state index contributed by atoms with van der Waals surface area (Å²) in [6.45, 7) is 4.70. The van der Waals surface area contributed by atoms with Crippen LogP contribution in [0.1, 0.15) is 52.4 Å². The molecule has 0 aromatic rings. The Morgan fingerprint density at radius 2 is 1.82 bits per heavy atom. The second-order valence-corrected chi connectivity index (χ2v) is 4.14. The first-order valence-electron chi connectivity index (χ1n) is 5.14. The quantitative estimate of drug-likeness (QED) is 0.537. The van der Waals surface area contributed by atoms with E-state index in [-0.39, 0.29) is 0 Å². The summed E-state index contributed by atoms with van der Waals surface area (Å²) in [6.07, 6.45) is 11.2. The molecule has 1 atom stereocenters. The molecular weight excluding hydrogens is 132 g/mol. The summed E-state index contributed by atoms with van der Waals surface area (Å²) in [5.41, 5.74) is 0. The van der Waals surface area contributed by atoms with E-state index >= 15 is 0 Å². The topological polar surface area (TPSA) is 0 Å². The number of hydrogen-bond donors (Lipinski definition) is 0. The molecular formula is C11H21. The van der Waals surface area contributed by atoms with Crippen LogP contribution in [0.5, 0.6) is 0 Å². The van der Waals surface area contributed by atoms with Gasteiger partial charge >= 0.3 is 0 Å². The molecule has 1 aliphatic carbocycles. The average molecular weight is 153 g/mol. The van der Waals surface area contributed by atoms with Crippen molar-refractivity contribution in [3.8, 4) is 0 Å². The van der Waals surface area contributed by atoms with E-state index < -0.39 is 0 Å². The molecule has 0 saturated heterocycles. The Morgan fingerprint density at radius 3 is 2.55 bits per heavy atom. The predicted octanol–water partition coefficient (Wildman–Crippen LogP) is 3.82. The summed E-state index contributed by atoms with van der Waals surface area (Å²) >= 11 is 0. The standard InChI is InChI=1S/C11H21/c1-10(2)11-8-6-4-3-5-7-9-11/h8,10-11H,3-7,9H2,1-2H3. The van der Waals surface area contributed by atoms with E-state index in [0.29, 0.717) is 0 Å². The van der Waals surface area contributed by atoms with Crippen LogP contribution in [0.3, 0.4) is 0 Å². The predicted molar refractivity (Wildman–Crippen MR) is 50.3 cm³/mol. The summed E-state index contributed by atoms with van der Waals surface area (Å²) < 4.78 is 0. The zero-order valence-electron chi connectivity index (χ0n) is 7.97. The lowest BCUT2D eigenvalue weighted by Gasteiger charge is -2.22. The van der Waals surface area contributed by atoms with Gasteiger partial charge in [0.1, 0.15) is 0 Å². The van der Waals surface area contributed by atoms with Gasteiger partial charge in [-0.05, 0) is 31.1 Å². The molecule has 1 fully saturated rings. The first-order chi connectivity index (χ1) is 5.30. The smallest absolute Gasteiger partial charge is 0.0352 e. The molecule has 0 heteroatoms. The van der Waals surface area contributed by atoms with E-state index in [1.807, 2.05) is 0 Å². The molecule has 0 spiro atoms. The van der Waals surface area contributed by atoms with Gasteiger partial charge < -0.3 is 0 Å². The third kappa shape index (κ3) is 3.27. The van der Waals surface area contributed by atoms with Gasteiger partial charge in [-0.3, -0.25) is 0 Å². The van der Waals surface area contributed by atoms with Crippen molar-refractivity contribution in [2.75, 3.05) is 0 Å². The van der Waals surface area contributed by atoms with Crippen LogP contribution in [0, 0.1) is 18.3 Å². The highest BCUT2D eigenvalue weighted by Gasteiger charge is 2.14. The lowest BCUT2D eigenvalue weighted by atomic mass is 9.84. The summed E-state index contributed by atoms with van der Waals surface area (Å²) in [6, 6.07) is 0. The molecule has 1 aliphatic rings. The van der Waals surface area contributed by atoms with Gasteiger partial charge in [-0.2, -0.15) is 0 Å². The summed E-state index contributed by atoms with van der Waals surface area (Å²) in [7, 11) is 0. The van der Waals surface area contributed by atoms with Gasteiger partial charge in [-0.15, -0.1) is 0 Å². The van der Waals surface area contributed by atoms with Gasteiger partial charge in [0.05, 0.1) is 0 Å². The van der Waals surface area contributed by atoms with Crippen LogP contribution >= 0.6 is 0 Å². The van der Waals surface area contributed by atoms with Gasteiger partial charge in [-0.25, -0.2) is 0 Å². The third-order valence-corrected chi connectivity index (χ3v) is 2.82. The van der Waals surface area contributed by atoms with Crippen molar-refractivity contribution >= 4 is 0 Å². The fraction of sp³-hybridized carbons (Fsp3) is 0.909. The van der Waals surface area contributed by atoms with E-state index in [9.17, 15) is 0 Å². The van der Waals surface area contributed by atoms with E-state index in [2.05, 4.69) is 20.3 Å². The van der Waals surface area contributed by atoms with Gasteiger partial charge in [0.15, 0.2) is 0 Å². The molecule has 1 radical (unpaired) electrons. The van der Waals surface area contributed by atoms with E-state index in [0.717, 1.165) is 11.8 Å². The lowest BCUT2D eigenvalue weighted by Crippen LogP contribution is -2.10. The van der Waals surface area contributed by atoms with Crippen LogP contribution in [0.4, 0.5) is 0 Å². The van der Waals surface area contributed by atoms with Crippen molar-refractivity contribution in [2.24, 2.45) is 11.8 Å². The zero-order chi connectivity index (χ0) is 8.10. The second kappa shape index (κ2) is 4.79. The molecule has 0 nitrogen and oxygen atoms in total. The Morgan fingerprint density at radius 1 is 1.09 bits per heavy atom. The van der Waals surface area contributed by atoms with Crippen molar-refractivity contribution in [1.29, 1.82) is 0 Å². The molecule has 65 valence electrons. The molecule has 1 saturated carbocycles. The van der Waals surface area contributed by atoms with Crippen LogP contribution in [0.2, 0.25) is 0 Å². The second-order valence-electron chi connectivity index (χ2n) is 4.14. The Bertz CT molecular complexity index is 86.2. The number of hydrogen-bond acceptors (Lipinski definition) is 0. The van der Waals surface area contributed by atoms with Crippen LogP contribution in [0.25, 0.3) is 0 Å². The first kappa shape index (κ1) is 9.09. The highest BCUT2D eigenvalue weighted by molar-refractivity contribution is 4.80. The summed E-state index contributed by atoms with van der Waals surface area (Å²) in [4.78, 5) is 0. The molecule has 1 unspecified atom stereocenters. The van der Waals surface area contributed by atoms with Crippen LogP contribution in [-0.4, -0.2) is 0 Å². The number of rotatable bonds is 1. The molecule has 11 heavy (non-hydrogen) atoms. The summed E-state index contributed by atoms with van der Waals surface area (Å²) in [5.74, 6) is 1.78. The Balaban J connectivity index is 2.26. The summed E-state index contributed by atoms with van der Waals surface area (Å²) in [5, 5.41) is 0. The van der Waals surface area contributed by atoms with E-state index in [1.54, 1.807) is 0 Å². The van der Waals surface area contributed by atoms with Gasteiger partial charge in [0.25, 0.3) is 0 Å². The first-order valence-corrected chi connectivity index (χ1v) is 5.14. The molecule has 0 amide bonds. The fourth-order valence-electron chi connectivity index (χ4n) is 1.93. The molecule has 0 aromatic heterocycles. The lowest BCUT2D eigenvalue weighted by molar-refractivity contribution is 0.363. The monoisotopic (exact) mass is 153 g/mol. The van der Waals surface area contributed by atoms with E-state index in [1.165, 1.54) is 38.5 Å². The minimum Gasteiger partial charge on any atom is -0.0625 e. The maximum absolute atomic E-state index is 2.56. The molecule has 0 aromatic carbocycles. The molecule has 0 bridgehead atoms. The molecule has 0 N–H and O–H groups in total. The van der Waals surface area contributed by atoms with Gasteiger partial charge in [0, 0.05) is 0 Å². The van der Waals surface area contributed by atoms with Crippen LogP contribution in [0.15, 0.2) is 0 Å². The minimum absolute atomic E-state index is 0.869. The highest BCUT2D eigenvalue weighted by atomic mass is 14.2. The van der Waals surface area contributed by atoms with Crippen LogP contribution in [-0.2, 0) is 0 Å². The Kier molecular flexibility index (Phi) is 3.96. The van der Waals surface area contributed by atoms with Crippen LogP contribution < -0.4 is 0 Å². The molecule has 0 aliphatic heterocycles. The zero-order valence-corrected chi connectivity index (χ0v) is 7.97. The fourth-order valence-corrected chi connectivity index (χ4v) is 1.93. The van der Waals surface area contributed by atoms with Gasteiger partial charge in [0.2, 0.25) is 0 Å². The normalized spacial score (nSPS) is 23.2. The minimum atomic E-state index is 0.869. The van der Waals surface area contributed by atoms with Crippen molar-refractivity contribution in [3.63, 3.8) is 0 Å². The SMILES string of the molecule is CC(C)C1[CH]CCCCCC1. The van der Waals surface area contributed by atoms with E-state index in [4.69, 9.17) is 0 Å². The maximum Gasteiger partial charge on any atom is -0.0352 e. The largest absolute Gasteiger partial charge is 0.0625 e. The average Bonchev–Trinajstić information content (AvgIpc) is 1.84. The van der Waals surface area contributed by atoms with Gasteiger partial charge in [-0.1, -0.05) is 39.5 Å². The molecule has 1 rings (SSSR count). The molecule has 0 heterocycles. The highest BCUT2D eigenvalue weighted by Crippen LogP contribution is 2.26. The third-order valence-electron chi connectivity index (χ3n) is 2.82. The Labute approximate surface area is 71.4 Å². The van der Waals surface area contributed by atoms with Crippen molar-refractivity contribution < 1.29 is 0 Å². The van der Waals surface area contributed by atoms with Crippen molar-refractivity contribution in [1.82, 2.24) is 0 Å². The van der Waals surface area contributed by atoms with Crippen molar-refractivity contribution in [2.45, 2.75) is 52.4 Å².